The lowest BCUT2D eigenvalue weighted by Crippen LogP contribution is -2.43. The quantitative estimate of drug-likeness (QED) is 0.114. The Morgan fingerprint density at radius 3 is 2.71 bits per heavy atom. The largest absolute Gasteiger partial charge is 0.443 e. The summed E-state index contributed by atoms with van der Waals surface area (Å²) in [6, 6.07) is 7.85. The van der Waals surface area contributed by atoms with E-state index in [9.17, 15) is 18.4 Å². The summed E-state index contributed by atoms with van der Waals surface area (Å²) >= 11 is 6.43. The van der Waals surface area contributed by atoms with Crippen molar-refractivity contribution in [2.45, 2.75) is 70.2 Å². The molecule has 56 heavy (non-hydrogen) atoms. The molecule has 4 fully saturated rings. The van der Waals surface area contributed by atoms with Crippen molar-refractivity contribution in [2.24, 2.45) is 0 Å². The Kier molecular flexibility index (Phi) is 9.79. The van der Waals surface area contributed by atoms with Crippen LogP contribution in [0.15, 0.2) is 54.0 Å². The molecule has 0 spiro atoms. The Morgan fingerprint density at radius 2 is 1.95 bits per heavy atom. The molecule has 4 aliphatic rings. The fourth-order valence-electron chi connectivity index (χ4n) is 8.18. The molecule has 4 aliphatic heterocycles. The number of alkyl halides is 1. The van der Waals surface area contributed by atoms with Crippen LogP contribution in [0.5, 0.6) is 6.01 Å². The van der Waals surface area contributed by atoms with Crippen LogP contribution >= 0.6 is 11.6 Å². The minimum atomic E-state index is -0.963. The van der Waals surface area contributed by atoms with Crippen LogP contribution < -0.4 is 4.74 Å². The first-order valence-electron chi connectivity index (χ1n) is 18.8. The molecule has 0 aliphatic carbocycles. The molecule has 2 atom stereocenters. The average molecular weight is 789 g/mol. The summed E-state index contributed by atoms with van der Waals surface area (Å²) in [5, 5.41) is 1.07. The number of aromatic nitrogens is 3. The highest BCUT2D eigenvalue weighted by atomic mass is 35.5. The first kappa shape index (κ1) is 37.9. The molecule has 4 saturated heterocycles. The van der Waals surface area contributed by atoms with Crippen molar-refractivity contribution in [1.29, 1.82) is 0 Å². The molecule has 0 bridgehead atoms. The van der Waals surface area contributed by atoms with Gasteiger partial charge >= 0.3 is 17.9 Å². The zero-order valence-electron chi connectivity index (χ0n) is 31.7. The summed E-state index contributed by atoms with van der Waals surface area (Å²) in [7, 11) is 1.78. The summed E-state index contributed by atoms with van der Waals surface area (Å²) in [5.74, 6) is -1.38. The Labute approximate surface area is 327 Å². The van der Waals surface area contributed by atoms with E-state index in [-0.39, 0.29) is 46.7 Å². The summed E-state index contributed by atoms with van der Waals surface area (Å²) < 4.78 is 59.7. The lowest BCUT2D eigenvalue weighted by molar-refractivity contribution is -0.409. The van der Waals surface area contributed by atoms with Gasteiger partial charge in [0.05, 0.1) is 29.9 Å². The molecular weight excluding hydrogens is 747 g/mol. The summed E-state index contributed by atoms with van der Waals surface area (Å²) in [4.78, 5) is 44.9. The molecule has 0 saturated carbocycles. The maximum absolute atomic E-state index is 16.9. The minimum Gasteiger partial charge on any atom is -0.443 e. The van der Waals surface area contributed by atoms with E-state index < -0.39 is 35.0 Å². The van der Waals surface area contributed by atoms with Crippen LogP contribution in [0.3, 0.4) is 0 Å². The van der Waals surface area contributed by atoms with E-state index in [4.69, 9.17) is 26.1 Å². The second kappa shape index (κ2) is 14.5. The normalized spacial score (nSPS) is 22.0. The molecule has 4 aromatic rings. The zero-order chi connectivity index (χ0) is 39.5. The van der Waals surface area contributed by atoms with Crippen molar-refractivity contribution in [3.63, 3.8) is 0 Å². The minimum absolute atomic E-state index is 0.0712. The van der Waals surface area contributed by atoms with E-state index in [0.29, 0.717) is 66.7 Å². The Balaban J connectivity index is 1.14. The van der Waals surface area contributed by atoms with Gasteiger partial charge in [0.15, 0.2) is 5.82 Å². The Bertz CT molecular complexity index is 2390. The number of carbonyl (C=O) groups excluding carboxylic acids is 2. The number of nitrogens with zero attached hydrogens (tertiary/aromatic N) is 7. The number of hydrogen-bond donors (Lipinski definition) is 0. The van der Waals surface area contributed by atoms with Gasteiger partial charge in [0.2, 0.25) is 0 Å². The maximum Gasteiger partial charge on any atom is 0.434 e. The fraction of sp³-hybridized carbons (Fsp3) is 0.439. The topological polar surface area (TPSA) is 104 Å². The summed E-state index contributed by atoms with van der Waals surface area (Å²) in [6.07, 6.45) is 4.48. The van der Waals surface area contributed by atoms with Crippen molar-refractivity contribution >= 4 is 56.8 Å². The highest BCUT2D eigenvalue weighted by Crippen LogP contribution is 2.41. The van der Waals surface area contributed by atoms with E-state index in [1.54, 1.807) is 61.6 Å². The first-order chi connectivity index (χ1) is 26.7. The summed E-state index contributed by atoms with van der Waals surface area (Å²) in [6.45, 7) is 7.78. The van der Waals surface area contributed by atoms with Crippen LogP contribution in [-0.4, -0.2) is 116 Å². The van der Waals surface area contributed by atoms with Crippen LogP contribution in [0.1, 0.15) is 52.9 Å². The van der Waals surface area contributed by atoms with E-state index in [1.807, 2.05) is 0 Å². The number of rotatable bonds is 6. The second-order valence-corrected chi connectivity index (χ2v) is 16.3. The van der Waals surface area contributed by atoms with Crippen LogP contribution in [0, 0.1) is 11.6 Å². The van der Waals surface area contributed by atoms with Crippen LogP contribution in [0.4, 0.5) is 23.8 Å². The molecule has 8 rings (SSSR count). The Morgan fingerprint density at radius 1 is 1.12 bits per heavy atom. The van der Waals surface area contributed by atoms with Crippen molar-refractivity contribution in [2.75, 3.05) is 46.4 Å². The van der Waals surface area contributed by atoms with Crippen LogP contribution in [0.2, 0.25) is 5.02 Å². The monoisotopic (exact) mass is 788 g/mol. The lowest BCUT2D eigenvalue weighted by Gasteiger charge is -2.34. The molecular formula is C41H42ClF3N7O4+. The summed E-state index contributed by atoms with van der Waals surface area (Å²) in [5.41, 5.74) is 3.38. The number of pyridine rings is 1. The Hall–Kier alpha value is -5.04. The van der Waals surface area contributed by atoms with Gasteiger partial charge < -0.3 is 14.4 Å². The van der Waals surface area contributed by atoms with Gasteiger partial charge in [-0.15, -0.1) is 0 Å². The number of benzene rings is 2. The van der Waals surface area contributed by atoms with Gasteiger partial charge in [-0.3, -0.25) is 19.6 Å². The van der Waals surface area contributed by atoms with E-state index >= 15 is 4.39 Å². The molecule has 15 heteroatoms. The number of carbonyl (C=O) groups is 2. The lowest BCUT2D eigenvalue weighted by atomic mass is 9.95. The molecule has 11 nitrogen and oxygen atoms in total. The molecule has 2 amide bonds. The van der Waals surface area contributed by atoms with Crippen molar-refractivity contribution in [3.05, 3.63) is 70.7 Å². The van der Waals surface area contributed by atoms with Crippen molar-refractivity contribution in [1.82, 2.24) is 29.7 Å². The molecule has 0 unspecified atom stereocenters. The third-order valence-corrected chi connectivity index (χ3v) is 11.5. The highest BCUT2D eigenvalue weighted by Gasteiger charge is 2.49. The number of likely N-dealkylation sites (tertiary alicyclic amines) is 2. The van der Waals surface area contributed by atoms with Gasteiger partial charge in [-0.25, -0.2) is 22.5 Å². The molecule has 2 aromatic carbocycles. The van der Waals surface area contributed by atoms with Gasteiger partial charge in [-0.05, 0) is 51.6 Å². The standard InChI is InChI=1S/C41H42ClF3N7O4/c1-40(2,3)56-39(54)52-18-14-26(52)10-12-31(53)50-17-13-27(22-50)49(4)37-29-20-46-35(28-8-5-7-24-9-11-30(44)33(42)32(24)28)34(45)36(29)47-38(48-37)55-23-41-15-6-16-51(41)21-25(43)19-41/h5,7-9,11-12,20,25H,6,13-19,21-23H2,1-4H3/q+1/t10?,25-,41+/m1/s1. The average Bonchev–Trinajstić information content (AvgIpc) is 3.86. The molecule has 2 aromatic heterocycles. The fourth-order valence-corrected chi connectivity index (χ4v) is 8.45. The SMILES string of the molecule is C[N+](=C1CCN(C(=O)C=C=C2CCN2C(=O)OC(C)(C)C)C1)c1nc(OC[C@@]23CCCN2C[C@H](F)C3)nc2c(F)c(-c3cccc4ccc(F)c(Cl)c34)ncc12. The van der Waals surface area contributed by atoms with Crippen LogP contribution in [-0.2, 0) is 9.53 Å². The number of fused-ring (bicyclic) bond motifs is 3. The van der Waals surface area contributed by atoms with E-state index in [0.717, 1.165) is 25.1 Å². The third kappa shape index (κ3) is 6.99. The van der Waals surface area contributed by atoms with Gasteiger partial charge in [0.1, 0.15) is 46.5 Å². The van der Waals surface area contributed by atoms with Gasteiger partial charge in [0.25, 0.3) is 5.91 Å². The van der Waals surface area contributed by atoms with Gasteiger partial charge in [-0.1, -0.05) is 41.6 Å². The maximum atomic E-state index is 16.9. The van der Waals surface area contributed by atoms with E-state index in [1.165, 1.54) is 23.2 Å². The smallest absolute Gasteiger partial charge is 0.434 e. The number of ether oxygens (including phenoxy) is 2. The second-order valence-electron chi connectivity index (χ2n) is 15.9. The van der Waals surface area contributed by atoms with Gasteiger partial charge in [-0.2, -0.15) is 4.98 Å². The molecule has 0 N–H and O–H groups in total. The first-order valence-corrected chi connectivity index (χ1v) is 19.2. The zero-order valence-corrected chi connectivity index (χ0v) is 32.4. The third-order valence-electron chi connectivity index (χ3n) is 11.1. The number of hydrogen-bond acceptors (Lipinski definition) is 8. The van der Waals surface area contributed by atoms with Crippen molar-refractivity contribution < 1.29 is 36.8 Å². The molecule has 6 heterocycles. The highest BCUT2D eigenvalue weighted by molar-refractivity contribution is 6.36. The molecule has 0 radical (unpaired) electrons. The van der Waals surface area contributed by atoms with E-state index in [2.05, 4.69) is 20.6 Å². The number of amides is 2. The predicted octanol–water partition coefficient (Wildman–Crippen LogP) is 7.36. The van der Waals surface area contributed by atoms with Crippen LogP contribution in [0.25, 0.3) is 32.9 Å². The molecule has 292 valence electrons. The number of halogens is 4. The van der Waals surface area contributed by atoms with Gasteiger partial charge in [0, 0.05) is 67.1 Å². The van der Waals surface area contributed by atoms with Crippen molar-refractivity contribution in [3.8, 4) is 17.3 Å². The predicted molar refractivity (Wildman–Crippen MR) is 205 cm³/mol.